The molecule has 1 aliphatic rings. The van der Waals surface area contributed by atoms with Gasteiger partial charge in [0.15, 0.2) is 0 Å². The maximum Gasteiger partial charge on any atom is 0.326 e. The number of hydrogen-bond donors (Lipinski definition) is 4. The number of carboxylic acids is 2. The second-order valence-corrected chi connectivity index (χ2v) is 5.73. The van der Waals surface area contributed by atoms with E-state index >= 15 is 0 Å². The highest BCUT2D eigenvalue weighted by molar-refractivity contribution is 5.89. The summed E-state index contributed by atoms with van der Waals surface area (Å²) in [4.78, 5) is 33.9. The predicted octanol–water partition coefficient (Wildman–Crippen LogP) is 0.0563. The number of hydrogen-bond acceptors (Lipinski definition) is 4. The largest absolute Gasteiger partial charge is 0.481 e. The average molecular weight is 286 g/mol. The van der Waals surface area contributed by atoms with E-state index in [0.717, 1.165) is 19.4 Å². The number of nitrogens with one attached hydrogen (secondary N) is 2. The summed E-state index contributed by atoms with van der Waals surface area (Å²) < 4.78 is 0. The molecule has 1 rings (SSSR count). The minimum Gasteiger partial charge on any atom is -0.481 e. The van der Waals surface area contributed by atoms with Gasteiger partial charge in [-0.1, -0.05) is 13.8 Å². The first-order valence-electron chi connectivity index (χ1n) is 6.71. The smallest absolute Gasteiger partial charge is 0.326 e. The van der Waals surface area contributed by atoms with E-state index in [2.05, 4.69) is 10.6 Å². The molecule has 2 unspecified atom stereocenters. The molecule has 0 bridgehead atoms. The lowest BCUT2D eigenvalue weighted by atomic mass is 9.74. The third-order valence-corrected chi connectivity index (χ3v) is 3.88. The van der Waals surface area contributed by atoms with Crippen molar-refractivity contribution < 1.29 is 24.6 Å². The molecule has 1 amide bonds. The second-order valence-electron chi connectivity index (χ2n) is 5.73. The fraction of sp³-hybridized carbons (Fsp3) is 0.769. The van der Waals surface area contributed by atoms with Gasteiger partial charge in [0.2, 0.25) is 5.91 Å². The zero-order valence-corrected chi connectivity index (χ0v) is 11.8. The van der Waals surface area contributed by atoms with Crippen LogP contribution in [0.5, 0.6) is 0 Å². The monoisotopic (exact) mass is 286 g/mol. The molecule has 0 radical (unpaired) electrons. The lowest BCUT2D eigenvalue weighted by Gasteiger charge is -2.36. The van der Waals surface area contributed by atoms with Crippen LogP contribution >= 0.6 is 0 Å². The Labute approximate surface area is 117 Å². The van der Waals surface area contributed by atoms with Crippen molar-refractivity contribution in [3.63, 3.8) is 0 Å². The van der Waals surface area contributed by atoms with Crippen LogP contribution in [0.4, 0.5) is 0 Å². The molecule has 0 aromatic heterocycles. The van der Waals surface area contributed by atoms with E-state index in [-0.39, 0.29) is 5.92 Å². The summed E-state index contributed by atoms with van der Waals surface area (Å²) in [6.07, 6.45) is 1.24. The summed E-state index contributed by atoms with van der Waals surface area (Å²) in [6, 6.07) is -1.39. The predicted molar refractivity (Wildman–Crippen MR) is 71.2 cm³/mol. The number of carboxylic acid groups (broad SMARTS) is 2. The van der Waals surface area contributed by atoms with Gasteiger partial charge in [0.25, 0.3) is 0 Å². The molecular weight excluding hydrogens is 264 g/mol. The van der Waals surface area contributed by atoms with Gasteiger partial charge in [-0.3, -0.25) is 9.59 Å². The minimum atomic E-state index is -1.39. The van der Waals surface area contributed by atoms with Crippen LogP contribution in [-0.2, 0) is 14.4 Å². The third kappa shape index (κ3) is 4.19. The van der Waals surface area contributed by atoms with Crippen molar-refractivity contribution in [2.24, 2.45) is 11.3 Å². The van der Waals surface area contributed by atoms with Crippen molar-refractivity contribution in [3.8, 4) is 0 Å². The van der Waals surface area contributed by atoms with Gasteiger partial charge in [0.1, 0.15) is 6.04 Å². The van der Waals surface area contributed by atoms with Crippen LogP contribution < -0.4 is 10.6 Å². The molecule has 0 spiro atoms. The Morgan fingerprint density at radius 2 is 2.00 bits per heavy atom. The summed E-state index contributed by atoms with van der Waals surface area (Å²) in [5.41, 5.74) is -0.736. The molecule has 1 saturated heterocycles. The molecule has 7 nitrogen and oxygen atoms in total. The summed E-state index contributed by atoms with van der Waals surface area (Å²) in [7, 11) is 0. The van der Waals surface area contributed by atoms with Gasteiger partial charge in [-0.15, -0.1) is 0 Å². The van der Waals surface area contributed by atoms with Gasteiger partial charge in [-0.05, 0) is 31.8 Å². The number of carbonyl (C=O) groups excluding carboxylic acids is 1. The minimum absolute atomic E-state index is 0.107. The Morgan fingerprint density at radius 1 is 1.35 bits per heavy atom. The number of aliphatic carboxylic acids is 2. The Bertz CT molecular complexity index is 388. The zero-order chi connectivity index (χ0) is 15.3. The Balaban J connectivity index is 2.70. The fourth-order valence-corrected chi connectivity index (χ4v) is 2.37. The molecule has 4 N–H and O–H groups in total. The summed E-state index contributed by atoms with van der Waals surface area (Å²) in [5.74, 6) is -2.90. The van der Waals surface area contributed by atoms with Crippen molar-refractivity contribution >= 4 is 17.8 Å². The first-order chi connectivity index (χ1) is 9.25. The van der Waals surface area contributed by atoms with Gasteiger partial charge >= 0.3 is 11.9 Å². The van der Waals surface area contributed by atoms with E-state index in [0.29, 0.717) is 6.54 Å². The quantitative estimate of drug-likeness (QED) is 0.548. The second kappa shape index (κ2) is 6.69. The molecule has 0 saturated carbocycles. The number of amides is 1. The summed E-state index contributed by atoms with van der Waals surface area (Å²) in [6.45, 7) is 5.15. The molecule has 1 aliphatic heterocycles. The standard InChI is InChI=1S/C13H22N2O5/c1-13(2,8-4-3-5-14-7-8)12(20)15-9(11(18)19)6-10(16)17/h8-9,14H,3-7H2,1-2H3,(H,15,20)(H,16,17)(H,18,19). The van der Waals surface area contributed by atoms with Gasteiger partial charge in [-0.25, -0.2) is 4.79 Å². The van der Waals surface area contributed by atoms with Gasteiger partial charge in [0.05, 0.1) is 6.42 Å². The Kier molecular flexibility index (Phi) is 5.50. The highest BCUT2D eigenvalue weighted by Gasteiger charge is 2.39. The van der Waals surface area contributed by atoms with Crippen LogP contribution in [0, 0.1) is 11.3 Å². The molecule has 20 heavy (non-hydrogen) atoms. The molecule has 0 aliphatic carbocycles. The molecule has 7 heteroatoms. The molecule has 1 heterocycles. The van der Waals surface area contributed by atoms with Crippen LogP contribution in [0.25, 0.3) is 0 Å². The maximum absolute atomic E-state index is 12.3. The van der Waals surface area contributed by atoms with E-state index in [4.69, 9.17) is 10.2 Å². The lowest BCUT2D eigenvalue weighted by Crippen LogP contribution is -2.52. The SMILES string of the molecule is CC(C)(C(=O)NC(CC(=O)O)C(=O)O)C1CCCNC1. The molecule has 0 aromatic rings. The summed E-state index contributed by atoms with van der Waals surface area (Å²) >= 11 is 0. The first kappa shape index (κ1) is 16.4. The number of carbonyl (C=O) groups is 3. The average Bonchev–Trinajstić information content (AvgIpc) is 2.38. The van der Waals surface area contributed by atoms with Crippen LogP contribution in [0.15, 0.2) is 0 Å². The van der Waals surface area contributed by atoms with Crippen molar-refractivity contribution in [2.45, 2.75) is 39.2 Å². The topological polar surface area (TPSA) is 116 Å². The van der Waals surface area contributed by atoms with E-state index in [1.807, 2.05) is 0 Å². The molecule has 2 atom stereocenters. The van der Waals surface area contributed by atoms with E-state index in [9.17, 15) is 14.4 Å². The maximum atomic E-state index is 12.3. The lowest BCUT2D eigenvalue weighted by molar-refractivity contribution is -0.148. The van der Waals surface area contributed by atoms with E-state index in [1.54, 1.807) is 13.8 Å². The van der Waals surface area contributed by atoms with Crippen LogP contribution in [-0.4, -0.2) is 47.2 Å². The van der Waals surface area contributed by atoms with Gasteiger partial charge < -0.3 is 20.8 Å². The normalized spacial score (nSPS) is 21.0. The molecule has 0 aromatic carbocycles. The van der Waals surface area contributed by atoms with Crippen LogP contribution in [0.3, 0.4) is 0 Å². The van der Waals surface area contributed by atoms with Crippen molar-refractivity contribution in [1.82, 2.24) is 10.6 Å². The highest BCUT2D eigenvalue weighted by atomic mass is 16.4. The summed E-state index contributed by atoms with van der Waals surface area (Å²) in [5, 5.41) is 23.2. The van der Waals surface area contributed by atoms with E-state index < -0.39 is 35.7 Å². The zero-order valence-electron chi connectivity index (χ0n) is 11.8. The third-order valence-electron chi connectivity index (χ3n) is 3.88. The molecule has 1 fully saturated rings. The number of rotatable bonds is 6. The van der Waals surface area contributed by atoms with E-state index in [1.165, 1.54) is 0 Å². The van der Waals surface area contributed by atoms with Crippen molar-refractivity contribution in [3.05, 3.63) is 0 Å². The van der Waals surface area contributed by atoms with Gasteiger partial charge in [0, 0.05) is 5.41 Å². The highest BCUT2D eigenvalue weighted by Crippen LogP contribution is 2.32. The number of piperidine rings is 1. The Morgan fingerprint density at radius 3 is 2.45 bits per heavy atom. The van der Waals surface area contributed by atoms with Crippen molar-refractivity contribution in [1.29, 1.82) is 0 Å². The fourth-order valence-electron chi connectivity index (χ4n) is 2.37. The van der Waals surface area contributed by atoms with Crippen LogP contribution in [0.1, 0.15) is 33.1 Å². The van der Waals surface area contributed by atoms with Crippen LogP contribution in [0.2, 0.25) is 0 Å². The van der Waals surface area contributed by atoms with Gasteiger partial charge in [-0.2, -0.15) is 0 Å². The van der Waals surface area contributed by atoms with Crippen molar-refractivity contribution in [2.75, 3.05) is 13.1 Å². The molecule has 114 valence electrons. The Hall–Kier alpha value is -1.63. The first-order valence-corrected chi connectivity index (χ1v) is 6.71. The molecular formula is C13H22N2O5.